The maximum Gasteiger partial charge on any atom is 0.136 e. The molecule has 0 aliphatic heterocycles. The number of halogens is 2. The Hall–Kier alpha value is -1.51. The van der Waals surface area contributed by atoms with Crippen molar-refractivity contribution in [2.24, 2.45) is 0 Å². The molecule has 0 heterocycles. The Bertz CT molecular complexity index is 685. The first-order chi connectivity index (χ1) is 10.0. The lowest BCUT2D eigenvalue weighted by atomic mass is 10.1. The summed E-state index contributed by atoms with van der Waals surface area (Å²) in [5.74, 6) is 0.596. The van der Waals surface area contributed by atoms with Crippen LogP contribution in [0.2, 0.25) is 0 Å². The van der Waals surface area contributed by atoms with Crippen LogP contribution < -0.4 is 10.1 Å². The van der Waals surface area contributed by atoms with Gasteiger partial charge in [0, 0.05) is 15.5 Å². The molecule has 2 aromatic rings. The highest BCUT2D eigenvalue weighted by atomic mass is 79.9. The number of nitrogens with zero attached hydrogens (tertiary/aromatic N) is 1. The van der Waals surface area contributed by atoms with Crippen molar-refractivity contribution in [1.82, 2.24) is 0 Å². The predicted molar refractivity (Wildman–Crippen MR) is 91.6 cm³/mol. The molecule has 0 saturated carbocycles. The zero-order chi connectivity index (χ0) is 15.4. The standard InChI is InChI=1S/C16H14Br2N2O/c1-10-5-13(17)16(14(18)6-10)20-9-11-3-4-15(21-2)12(7-11)8-19/h3-7,20H,9H2,1-2H3. The van der Waals surface area contributed by atoms with Crippen molar-refractivity contribution in [2.75, 3.05) is 12.4 Å². The average molecular weight is 410 g/mol. The molecule has 5 heteroatoms. The van der Waals surface area contributed by atoms with Crippen molar-refractivity contribution in [3.63, 3.8) is 0 Å². The zero-order valence-electron chi connectivity index (χ0n) is 11.7. The van der Waals surface area contributed by atoms with Crippen LogP contribution in [0.15, 0.2) is 39.3 Å². The summed E-state index contributed by atoms with van der Waals surface area (Å²) in [6.07, 6.45) is 0. The molecule has 0 radical (unpaired) electrons. The van der Waals surface area contributed by atoms with Gasteiger partial charge in [-0.05, 0) is 74.2 Å². The number of nitriles is 1. The summed E-state index contributed by atoms with van der Waals surface area (Å²) >= 11 is 7.12. The van der Waals surface area contributed by atoms with E-state index in [1.54, 1.807) is 7.11 Å². The molecule has 0 aromatic heterocycles. The second-order valence-corrected chi connectivity index (χ2v) is 6.31. The van der Waals surface area contributed by atoms with Gasteiger partial charge < -0.3 is 10.1 Å². The summed E-state index contributed by atoms with van der Waals surface area (Å²) in [5.41, 5.74) is 3.73. The van der Waals surface area contributed by atoms with Gasteiger partial charge in [-0.15, -0.1) is 0 Å². The van der Waals surface area contributed by atoms with E-state index in [2.05, 4.69) is 55.4 Å². The maximum atomic E-state index is 9.11. The molecule has 0 aliphatic rings. The highest BCUT2D eigenvalue weighted by Crippen LogP contribution is 2.32. The lowest BCUT2D eigenvalue weighted by molar-refractivity contribution is 0.413. The summed E-state index contributed by atoms with van der Waals surface area (Å²) in [6.45, 7) is 2.67. The van der Waals surface area contributed by atoms with E-state index < -0.39 is 0 Å². The van der Waals surface area contributed by atoms with Crippen molar-refractivity contribution < 1.29 is 4.74 Å². The minimum absolute atomic E-state index is 0.541. The van der Waals surface area contributed by atoms with Gasteiger partial charge in [0.1, 0.15) is 11.8 Å². The third-order valence-electron chi connectivity index (χ3n) is 3.04. The Balaban J connectivity index is 2.19. The molecule has 0 saturated heterocycles. The third kappa shape index (κ3) is 3.78. The highest BCUT2D eigenvalue weighted by molar-refractivity contribution is 9.11. The quantitative estimate of drug-likeness (QED) is 0.771. The van der Waals surface area contributed by atoms with Crippen molar-refractivity contribution in [3.05, 3.63) is 56.0 Å². The van der Waals surface area contributed by atoms with Crippen LogP contribution in [0.5, 0.6) is 5.75 Å². The molecule has 108 valence electrons. The lowest BCUT2D eigenvalue weighted by Crippen LogP contribution is -2.02. The van der Waals surface area contributed by atoms with Crippen LogP contribution in [0.3, 0.4) is 0 Å². The van der Waals surface area contributed by atoms with E-state index in [9.17, 15) is 0 Å². The second kappa shape index (κ2) is 6.97. The number of benzene rings is 2. The van der Waals surface area contributed by atoms with Crippen molar-refractivity contribution in [2.45, 2.75) is 13.5 Å². The van der Waals surface area contributed by atoms with Gasteiger partial charge in [0.15, 0.2) is 0 Å². The normalized spacial score (nSPS) is 10.0. The number of hydrogen-bond donors (Lipinski definition) is 1. The van der Waals surface area contributed by atoms with Gasteiger partial charge in [-0.3, -0.25) is 0 Å². The van der Waals surface area contributed by atoms with Crippen LogP contribution in [0.1, 0.15) is 16.7 Å². The molecular weight excluding hydrogens is 396 g/mol. The van der Waals surface area contributed by atoms with Crippen molar-refractivity contribution >= 4 is 37.5 Å². The highest BCUT2D eigenvalue weighted by Gasteiger charge is 2.07. The fourth-order valence-corrected chi connectivity index (χ4v) is 3.71. The number of ether oxygens (including phenoxy) is 1. The smallest absolute Gasteiger partial charge is 0.136 e. The van der Waals surface area contributed by atoms with Gasteiger partial charge in [0.25, 0.3) is 0 Å². The number of aryl methyl sites for hydroxylation is 1. The molecule has 0 amide bonds. The van der Waals surface area contributed by atoms with Crippen LogP contribution in [-0.4, -0.2) is 7.11 Å². The van der Waals surface area contributed by atoms with Crippen LogP contribution in [-0.2, 0) is 6.54 Å². The van der Waals surface area contributed by atoms with Crippen molar-refractivity contribution in [1.29, 1.82) is 5.26 Å². The molecule has 3 nitrogen and oxygen atoms in total. The van der Waals surface area contributed by atoms with Crippen LogP contribution >= 0.6 is 31.9 Å². The molecule has 21 heavy (non-hydrogen) atoms. The number of hydrogen-bond acceptors (Lipinski definition) is 3. The summed E-state index contributed by atoms with van der Waals surface area (Å²) in [4.78, 5) is 0. The van der Waals surface area contributed by atoms with Gasteiger partial charge in [0.05, 0.1) is 18.4 Å². The maximum absolute atomic E-state index is 9.11. The molecule has 0 aliphatic carbocycles. The largest absolute Gasteiger partial charge is 0.495 e. The SMILES string of the molecule is COc1ccc(CNc2c(Br)cc(C)cc2Br)cc1C#N. The molecule has 0 bridgehead atoms. The summed E-state index contributed by atoms with van der Waals surface area (Å²) in [6, 6.07) is 11.9. The van der Waals surface area contributed by atoms with Gasteiger partial charge in [-0.25, -0.2) is 0 Å². The Morgan fingerprint density at radius 2 is 1.86 bits per heavy atom. The second-order valence-electron chi connectivity index (χ2n) is 4.60. The molecule has 0 fully saturated rings. The van der Waals surface area contributed by atoms with Crippen LogP contribution in [0, 0.1) is 18.3 Å². The lowest BCUT2D eigenvalue weighted by Gasteiger charge is -2.12. The molecular formula is C16H14Br2N2O. The van der Waals surface area contributed by atoms with Crippen LogP contribution in [0.25, 0.3) is 0 Å². The number of rotatable bonds is 4. The van der Waals surface area contributed by atoms with Gasteiger partial charge >= 0.3 is 0 Å². The van der Waals surface area contributed by atoms with E-state index in [4.69, 9.17) is 10.00 Å². The average Bonchev–Trinajstić information content (AvgIpc) is 2.45. The minimum atomic E-state index is 0.541. The first-order valence-corrected chi connectivity index (χ1v) is 7.90. The molecule has 2 rings (SSSR count). The van der Waals surface area contributed by atoms with E-state index in [0.29, 0.717) is 17.9 Å². The minimum Gasteiger partial charge on any atom is -0.495 e. The molecule has 1 N–H and O–H groups in total. The molecule has 0 spiro atoms. The fourth-order valence-electron chi connectivity index (χ4n) is 2.01. The van der Waals surface area contributed by atoms with Gasteiger partial charge in [-0.1, -0.05) is 6.07 Å². The zero-order valence-corrected chi connectivity index (χ0v) is 14.9. The predicted octanol–water partition coefficient (Wildman–Crippen LogP) is 5.01. The van der Waals surface area contributed by atoms with E-state index in [1.165, 1.54) is 5.56 Å². The monoisotopic (exact) mass is 408 g/mol. The summed E-state index contributed by atoms with van der Waals surface area (Å²) in [7, 11) is 1.56. The fraction of sp³-hybridized carbons (Fsp3) is 0.188. The van der Waals surface area contributed by atoms with Crippen molar-refractivity contribution in [3.8, 4) is 11.8 Å². The van der Waals surface area contributed by atoms with Gasteiger partial charge in [0.2, 0.25) is 0 Å². The molecule has 0 unspecified atom stereocenters. The first kappa shape index (κ1) is 15.9. The van der Waals surface area contributed by atoms with Crippen LogP contribution in [0.4, 0.5) is 5.69 Å². The van der Waals surface area contributed by atoms with Gasteiger partial charge in [-0.2, -0.15) is 5.26 Å². The van der Waals surface area contributed by atoms with E-state index in [1.807, 2.05) is 25.1 Å². The number of methoxy groups -OCH3 is 1. The summed E-state index contributed by atoms with van der Waals surface area (Å²) < 4.78 is 7.15. The van der Waals surface area contributed by atoms with E-state index in [0.717, 1.165) is 20.2 Å². The topological polar surface area (TPSA) is 45.0 Å². The summed E-state index contributed by atoms with van der Waals surface area (Å²) in [5, 5.41) is 12.5. The Morgan fingerprint density at radius 1 is 1.19 bits per heavy atom. The number of nitrogens with one attached hydrogen (secondary N) is 1. The number of anilines is 1. The molecule has 0 atom stereocenters. The third-order valence-corrected chi connectivity index (χ3v) is 4.29. The molecule has 2 aromatic carbocycles. The Kier molecular flexibility index (Phi) is 5.27. The van der Waals surface area contributed by atoms with E-state index in [-0.39, 0.29) is 0 Å². The Morgan fingerprint density at radius 3 is 2.43 bits per heavy atom. The Labute approximate surface area is 141 Å². The first-order valence-electron chi connectivity index (χ1n) is 6.31. The van der Waals surface area contributed by atoms with E-state index >= 15 is 0 Å².